The second-order valence-corrected chi connectivity index (χ2v) is 7.97. The summed E-state index contributed by atoms with van der Waals surface area (Å²) in [5.74, 6) is 4.14. The molecular formula is C20H34N2. The smallest absolute Gasteiger partial charge is 0.0655 e. The summed E-state index contributed by atoms with van der Waals surface area (Å²) in [6.45, 7) is 9.16. The van der Waals surface area contributed by atoms with Gasteiger partial charge in [0.2, 0.25) is 0 Å². The molecule has 0 atom stereocenters. The molecule has 0 aromatic carbocycles. The average Bonchev–Trinajstić information content (AvgIpc) is 2.55. The second-order valence-electron chi connectivity index (χ2n) is 7.97. The van der Waals surface area contributed by atoms with Crippen molar-refractivity contribution < 1.29 is 0 Å². The Morgan fingerprint density at radius 2 is 0.864 bits per heavy atom. The van der Waals surface area contributed by atoms with Crippen molar-refractivity contribution in [1.29, 1.82) is 10.5 Å². The van der Waals surface area contributed by atoms with E-state index in [1.165, 1.54) is 25.7 Å². The van der Waals surface area contributed by atoms with Crippen LogP contribution in [0, 0.1) is 58.2 Å². The third kappa shape index (κ3) is 6.39. The molecule has 0 saturated heterocycles. The molecule has 0 radical (unpaired) electrons. The summed E-state index contributed by atoms with van der Waals surface area (Å²) in [7, 11) is 0. The van der Waals surface area contributed by atoms with E-state index in [9.17, 15) is 0 Å². The van der Waals surface area contributed by atoms with Crippen LogP contribution >= 0.6 is 0 Å². The van der Waals surface area contributed by atoms with Crippen molar-refractivity contribution in [1.82, 2.24) is 0 Å². The molecular weight excluding hydrogens is 268 g/mol. The van der Waals surface area contributed by atoms with E-state index in [-0.39, 0.29) is 0 Å². The average molecular weight is 303 g/mol. The molecule has 0 spiro atoms. The molecule has 0 bridgehead atoms. The van der Waals surface area contributed by atoms with Gasteiger partial charge in [0.15, 0.2) is 0 Å². The number of nitrogens with zero attached hydrogens (tertiary/aromatic N) is 2. The lowest BCUT2D eigenvalue weighted by Crippen LogP contribution is -2.17. The van der Waals surface area contributed by atoms with Gasteiger partial charge >= 0.3 is 0 Å². The maximum atomic E-state index is 8.67. The summed E-state index contributed by atoms with van der Waals surface area (Å²) in [6, 6.07) is 4.73. The molecule has 2 rings (SSSR count). The highest BCUT2D eigenvalue weighted by atomic mass is 14.3. The van der Waals surface area contributed by atoms with E-state index >= 15 is 0 Å². The maximum absolute atomic E-state index is 8.67. The van der Waals surface area contributed by atoms with E-state index in [1.807, 2.05) is 0 Å². The zero-order valence-corrected chi connectivity index (χ0v) is 15.0. The molecule has 0 aliphatic heterocycles. The monoisotopic (exact) mass is 302 g/mol. The van der Waals surface area contributed by atoms with Crippen LogP contribution < -0.4 is 0 Å². The van der Waals surface area contributed by atoms with Crippen LogP contribution in [0.1, 0.15) is 79.1 Å². The van der Waals surface area contributed by atoms with E-state index < -0.39 is 0 Å². The Labute approximate surface area is 137 Å². The SMILES string of the molecule is CC(C)C1CCC(C#N)CC1.CC(C)C1CCC(C#N)CC1. The fraction of sp³-hybridized carbons (Fsp3) is 0.900. The molecule has 22 heavy (non-hydrogen) atoms. The Bertz CT molecular complexity index is 331. The summed E-state index contributed by atoms with van der Waals surface area (Å²) < 4.78 is 0. The molecule has 2 fully saturated rings. The summed E-state index contributed by atoms with van der Waals surface area (Å²) >= 11 is 0. The minimum atomic E-state index is 0.366. The number of hydrogen-bond donors (Lipinski definition) is 0. The Hall–Kier alpha value is -1.02. The molecule has 124 valence electrons. The van der Waals surface area contributed by atoms with Gasteiger partial charge in [-0.25, -0.2) is 0 Å². The minimum Gasteiger partial charge on any atom is -0.198 e. The first-order chi connectivity index (χ1) is 10.5. The molecule has 2 heteroatoms. The summed E-state index contributed by atoms with van der Waals surface area (Å²) in [4.78, 5) is 0. The minimum absolute atomic E-state index is 0.366. The van der Waals surface area contributed by atoms with Gasteiger partial charge in [-0.05, 0) is 75.0 Å². The van der Waals surface area contributed by atoms with Crippen LogP contribution in [0.4, 0.5) is 0 Å². The lowest BCUT2D eigenvalue weighted by atomic mass is 9.77. The van der Waals surface area contributed by atoms with Gasteiger partial charge in [0.1, 0.15) is 0 Å². The van der Waals surface area contributed by atoms with Crippen molar-refractivity contribution in [2.45, 2.75) is 79.1 Å². The van der Waals surface area contributed by atoms with Crippen molar-refractivity contribution in [2.75, 3.05) is 0 Å². The largest absolute Gasteiger partial charge is 0.198 e. The van der Waals surface area contributed by atoms with Crippen LogP contribution in [0.3, 0.4) is 0 Å². The van der Waals surface area contributed by atoms with Crippen LogP contribution in [0.25, 0.3) is 0 Å². The van der Waals surface area contributed by atoms with E-state index in [1.54, 1.807) is 0 Å². The molecule has 2 aliphatic rings. The summed E-state index contributed by atoms with van der Waals surface area (Å²) in [6.07, 6.45) is 9.65. The van der Waals surface area contributed by atoms with Gasteiger partial charge < -0.3 is 0 Å². The number of nitriles is 2. The Kier molecular flexibility index (Phi) is 8.55. The number of hydrogen-bond acceptors (Lipinski definition) is 2. The Morgan fingerprint density at radius 1 is 0.591 bits per heavy atom. The van der Waals surface area contributed by atoms with Crippen LogP contribution in [0.2, 0.25) is 0 Å². The third-order valence-electron chi connectivity index (χ3n) is 5.79. The topological polar surface area (TPSA) is 47.6 Å². The fourth-order valence-corrected chi connectivity index (χ4v) is 3.83. The first-order valence-electron chi connectivity index (χ1n) is 9.27. The zero-order chi connectivity index (χ0) is 16.5. The van der Waals surface area contributed by atoms with Gasteiger partial charge in [0.05, 0.1) is 12.1 Å². The molecule has 0 N–H and O–H groups in total. The molecule has 0 unspecified atom stereocenters. The normalized spacial score (nSPS) is 31.8. The Morgan fingerprint density at radius 3 is 1.05 bits per heavy atom. The van der Waals surface area contributed by atoms with Gasteiger partial charge in [-0.15, -0.1) is 0 Å². The van der Waals surface area contributed by atoms with Crippen LogP contribution in [-0.2, 0) is 0 Å². The molecule has 2 aliphatic carbocycles. The van der Waals surface area contributed by atoms with Crippen molar-refractivity contribution in [3.63, 3.8) is 0 Å². The van der Waals surface area contributed by atoms with E-state index in [0.29, 0.717) is 11.8 Å². The number of rotatable bonds is 2. The van der Waals surface area contributed by atoms with Crippen LogP contribution in [-0.4, -0.2) is 0 Å². The molecule has 0 heterocycles. The molecule has 0 aromatic rings. The van der Waals surface area contributed by atoms with E-state index in [4.69, 9.17) is 10.5 Å². The lowest BCUT2D eigenvalue weighted by molar-refractivity contribution is 0.251. The van der Waals surface area contributed by atoms with Crippen molar-refractivity contribution in [3.8, 4) is 12.1 Å². The van der Waals surface area contributed by atoms with Gasteiger partial charge in [-0.2, -0.15) is 10.5 Å². The highest BCUT2D eigenvalue weighted by molar-refractivity contribution is 4.88. The van der Waals surface area contributed by atoms with Gasteiger partial charge in [-0.1, -0.05) is 27.7 Å². The zero-order valence-electron chi connectivity index (χ0n) is 15.0. The van der Waals surface area contributed by atoms with Crippen molar-refractivity contribution in [3.05, 3.63) is 0 Å². The van der Waals surface area contributed by atoms with Gasteiger partial charge in [-0.3, -0.25) is 0 Å². The van der Waals surface area contributed by atoms with Crippen molar-refractivity contribution in [2.24, 2.45) is 35.5 Å². The third-order valence-corrected chi connectivity index (χ3v) is 5.79. The molecule has 2 saturated carbocycles. The lowest BCUT2D eigenvalue weighted by Gasteiger charge is -2.27. The quantitative estimate of drug-likeness (QED) is 0.633. The van der Waals surface area contributed by atoms with Gasteiger partial charge in [0, 0.05) is 11.8 Å². The maximum Gasteiger partial charge on any atom is 0.0655 e. The first-order valence-corrected chi connectivity index (χ1v) is 9.27. The molecule has 0 aromatic heterocycles. The summed E-state index contributed by atoms with van der Waals surface area (Å²) in [5.41, 5.74) is 0. The standard InChI is InChI=1S/2C10H17N/c2*1-8(2)10-5-3-9(7-11)4-6-10/h2*8-10H,3-6H2,1-2H3. The first kappa shape index (κ1) is 19.0. The van der Waals surface area contributed by atoms with E-state index in [0.717, 1.165) is 49.4 Å². The Balaban J connectivity index is 0.000000220. The summed E-state index contributed by atoms with van der Waals surface area (Å²) in [5, 5.41) is 17.3. The predicted molar refractivity (Wildman–Crippen MR) is 91.8 cm³/mol. The van der Waals surface area contributed by atoms with E-state index in [2.05, 4.69) is 39.8 Å². The molecule has 0 amide bonds. The second kappa shape index (κ2) is 9.89. The molecule has 2 nitrogen and oxygen atoms in total. The fourth-order valence-electron chi connectivity index (χ4n) is 3.83. The highest BCUT2D eigenvalue weighted by Gasteiger charge is 2.23. The van der Waals surface area contributed by atoms with Crippen molar-refractivity contribution >= 4 is 0 Å². The van der Waals surface area contributed by atoms with Crippen LogP contribution in [0.5, 0.6) is 0 Å². The predicted octanol–water partition coefficient (Wildman–Crippen LogP) is 5.94. The highest BCUT2D eigenvalue weighted by Crippen LogP contribution is 2.33. The van der Waals surface area contributed by atoms with Gasteiger partial charge in [0.25, 0.3) is 0 Å². The van der Waals surface area contributed by atoms with Crippen LogP contribution in [0.15, 0.2) is 0 Å².